The standard InChI is InChI=1S/C57H91N9O19/c1-43(67)64(78)31-12-5-9-27-58-47(68)20-22-53(74)65(79)32-13-6-10-28-59-48(69)21-23-54(75)66(80)33-14-7-11-29-60-49(70)26-34-81-35-36-82-37-38-83-39-40-84-45-18-16-17-44(41-45)55(76)61-42-50(71)62-46(56(77)85-57(2,3)4)19-8-15-30-63-51(72)24-25-52(63)73/h16-18,24-25,41,46,78-80H,5-15,19-23,26-40,42H2,1-4H3,(H,58,68)(H,59,69)(H,60,70)(H,61,76)(H,62,71)/t46-/m0/s1. The van der Waals surface area contributed by atoms with Gasteiger partial charge in [0, 0.05) is 103 Å². The molecule has 0 saturated heterocycles. The lowest BCUT2D eigenvalue weighted by atomic mass is 10.1. The highest BCUT2D eigenvalue weighted by Crippen LogP contribution is 2.15. The molecule has 8 N–H and O–H groups in total. The van der Waals surface area contributed by atoms with Crippen molar-refractivity contribution in [1.82, 2.24) is 46.7 Å². The van der Waals surface area contributed by atoms with E-state index in [1.54, 1.807) is 39.0 Å². The second-order valence-electron chi connectivity index (χ2n) is 20.9. The summed E-state index contributed by atoms with van der Waals surface area (Å²) in [7, 11) is 0. The molecule has 0 aliphatic carbocycles. The summed E-state index contributed by atoms with van der Waals surface area (Å²) in [6.45, 7) is 9.36. The number of amides is 10. The van der Waals surface area contributed by atoms with Crippen LogP contribution in [0, 0.1) is 0 Å². The van der Waals surface area contributed by atoms with Gasteiger partial charge in [-0.05, 0) is 116 Å². The maximum atomic E-state index is 12.9. The normalized spacial score (nSPS) is 12.3. The number of benzene rings is 1. The molecule has 1 aliphatic heterocycles. The van der Waals surface area contributed by atoms with Crippen molar-refractivity contribution in [3.63, 3.8) is 0 Å². The number of rotatable bonds is 47. The van der Waals surface area contributed by atoms with Gasteiger partial charge < -0.3 is 50.3 Å². The number of carbonyl (C=O) groups is 11. The molecule has 1 atom stereocenters. The van der Waals surface area contributed by atoms with Gasteiger partial charge >= 0.3 is 5.97 Å². The Labute approximate surface area is 497 Å². The molecule has 0 fully saturated rings. The smallest absolute Gasteiger partial charge is 0.329 e. The van der Waals surface area contributed by atoms with Crippen molar-refractivity contribution < 1.29 is 92.0 Å². The summed E-state index contributed by atoms with van der Waals surface area (Å²) in [5, 5.41) is 44.6. The van der Waals surface area contributed by atoms with E-state index < -0.39 is 65.5 Å². The van der Waals surface area contributed by atoms with Crippen molar-refractivity contribution in [3.05, 3.63) is 42.0 Å². The Kier molecular flexibility index (Phi) is 37.9. The van der Waals surface area contributed by atoms with Crippen LogP contribution in [-0.4, -0.2) is 211 Å². The third kappa shape index (κ3) is 36.4. The number of unbranched alkanes of at least 4 members (excludes halogenated alkanes) is 7. The molecule has 28 heteroatoms. The number of hydrogen-bond donors (Lipinski definition) is 8. The predicted octanol–water partition coefficient (Wildman–Crippen LogP) is 2.25. The number of carbonyl (C=O) groups excluding carboxylic acids is 11. The van der Waals surface area contributed by atoms with Crippen molar-refractivity contribution in [3.8, 4) is 5.75 Å². The first-order valence-electron chi connectivity index (χ1n) is 29.1. The molecule has 2 rings (SSSR count). The summed E-state index contributed by atoms with van der Waals surface area (Å²) in [5.74, 6) is -4.68. The fraction of sp³-hybridized carbons (Fsp3) is 0.667. The topological polar surface area (TPSA) is 368 Å². The third-order valence-electron chi connectivity index (χ3n) is 12.4. The zero-order valence-electron chi connectivity index (χ0n) is 49.8. The minimum Gasteiger partial charge on any atom is -0.491 e. The van der Waals surface area contributed by atoms with Crippen molar-refractivity contribution in [2.75, 3.05) is 98.6 Å². The fourth-order valence-electron chi connectivity index (χ4n) is 7.80. The Balaban J connectivity index is 1.42. The Hall–Kier alpha value is -7.11. The predicted molar refractivity (Wildman–Crippen MR) is 304 cm³/mol. The molecule has 478 valence electrons. The highest BCUT2D eigenvalue weighted by molar-refractivity contribution is 6.12. The first kappa shape index (κ1) is 74.0. The molecule has 1 aromatic rings. The molecule has 0 bridgehead atoms. The summed E-state index contributed by atoms with van der Waals surface area (Å²) in [5.41, 5.74) is -0.576. The highest BCUT2D eigenvalue weighted by Gasteiger charge is 2.28. The molecule has 0 unspecified atom stereocenters. The molecule has 85 heavy (non-hydrogen) atoms. The van der Waals surface area contributed by atoms with Gasteiger partial charge in [-0.25, -0.2) is 20.0 Å². The number of nitrogens with one attached hydrogen (secondary N) is 5. The van der Waals surface area contributed by atoms with Crippen LogP contribution in [0.15, 0.2) is 36.4 Å². The zero-order chi connectivity index (χ0) is 62.8. The summed E-state index contributed by atoms with van der Waals surface area (Å²) in [4.78, 5) is 135. The van der Waals surface area contributed by atoms with E-state index in [-0.39, 0.29) is 121 Å². The van der Waals surface area contributed by atoms with E-state index in [1.165, 1.54) is 25.1 Å². The summed E-state index contributed by atoms with van der Waals surface area (Å²) >= 11 is 0. The highest BCUT2D eigenvalue weighted by atomic mass is 16.6. The second-order valence-corrected chi connectivity index (χ2v) is 20.9. The van der Waals surface area contributed by atoms with Crippen LogP contribution in [0.25, 0.3) is 0 Å². The number of nitrogens with zero attached hydrogens (tertiary/aromatic N) is 4. The Bertz CT molecular complexity index is 2280. The van der Waals surface area contributed by atoms with Gasteiger partial charge in [0.25, 0.3) is 17.7 Å². The molecular weight excluding hydrogens is 1110 g/mol. The monoisotopic (exact) mass is 1210 g/mol. The molecule has 1 aromatic carbocycles. The minimum absolute atomic E-state index is 0.0667. The summed E-state index contributed by atoms with van der Waals surface area (Å²) in [6, 6.07) is 5.34. The molecule has 10 amide bonds. The van der Waals surface area contributed by atoms with Gasteiger partial charge in [0.15, 0.2) is 0 Å². The molecular formula is C57H91N9O19. The van der Waals surface area contributed by atoms with E-state index >= 15 is 0 Å². The Morgan fingerprint density at radius 1 is 0.553 bits per heavy atom. The van der Waals surface area contributed by atoms with Gasteiger partial charge in [0.05, 0.1) is 46.2 Å². The van der Waals surface area contributed by atoms with E-state index in [4.69, 9.17) is 23.7 Å². The van der Waals surface area contributed by atoms with Crippen LogP contribution < -0.4 is 31.3 Å². The molecule has 1 aliphatic rings. The van der Waals surface area contributed by atoms with Gasteiger partial charge in [-0.1, -0.05) is 6.07 Å². The number of hydroxylamine groups is 6. The molecule has 0 saturated carbocycles. The number of imide groups is 1. The first-order valence-corrected chi connectivity index (χ1v) is 29.1. The largest absolute Gasteiger partial charge is 0.491 e. The SMILES string of the molecule is CC(=O)N(O)CCCCCNC(=O)CCC(=O)N(O)CCCCCNC(=O)CCC(=O)N(O)CCCCCNC(=O)CCOCCOCCOCCOc1cccc(C(=O)NCC(=O)N[C@@H](CCCCN2C(=O)C=CC2=O)C(=O)OC(C)(C)C)c1. The fourth-order valence-corrected chi connectivity index (χ4v) is 7.80. The lowest BCUT2D eigenvalue weighted by Gasteiger charge is -2.25. The van der Waals surface area contributed by atoms with E-state index in [0.29, 0.717) is 124 Å². The average molecular weight is 1210 g/mol. The maximum Gasteiger partial charge on any atom is 0.329 e. The Morgan fingerprint density at radius 3 is 1.54 bits per heavy atom. The van der Waals surface area contributed by atoms with Crippen LogP contribution in [0.4, 0.5) is 0 Å². The maximum absolute atomic E-state index is 12.9. The van der Waals surface area contributed by atoms with Crippen molar-refractivity contribution in [2.24, 2.45) is 0 Å². The van der Waals surface area contributed by atoms with Gasteiger partial charge in [0.1, 0.15) is 24.0 Å². The average Bonchev–Trinajstić information content (AvgIpc) is 4.00. The molecule has 0 spiro atoms. The van der Waals surface area contributed by atoms with Crippen LogP contribution in [0.2, 0.25) is 0 Å². The number of esters is 1. The summed E-state index contributed by atoms with van der Waals surface area (Å²) < 4.78 is 27.7. The van der Waals surface area contributed by atoms with Crippen LogP contribution in [0.1, 0.15) is 147 Å². The van der Waals surface area contributed by atoms with E-state index in [1.807, 2.05) is 0 Å². The first-order chi connectivity index (χ1) is 40.6. The third-order valence-corrected chi connectivity index (χ3v) is 12.4. The van der Waals surface area contributed by atoms with E-state index in [2.05, 4.69) is 26.6 Å². The van der Waals surface area contributed by atoms with Crippen LogP contribution in [0.5, 0.6) is 5.75 Å². The van der Waals surface area contributed by atoms with Crippen molar-refractivity contribution >= 4 is 65.0 Å². The van der Waals surface area contributed by atoms with Crippen molar-refractivity contribution in [1.29, 1.82) is 0 Å². The molecule has 0 radical (unpaired) electrons. The van der Waals surface area contributed by atoms with E-state index in [0.717, 1.165) is 4.90 Å². The van der Waals surface area contributed by atoms with E-state index in [9.17, 15) is 68.4 Å². The summed E-state index contributed by atoms with van der Waals surface area (Å²) in [6.07, 6.45) is 8.33. The lowest BCUT2D eigenvalue weighted by Crippen LogP contribution is -2.47. The van der Waals surface area contributed by atoms with Crippen LogP contribution >= 0.6 is 0 Å². The second kappa shape index (κ2) is 43.5. The van der Waals surface area contributed by atoms with Gasteiger partial charge in [-0.3, -0.25) is 68.5 Å². The Morgan fingerprint density at radius 2 is 1.04 bits per heavy atom. The number of ether oxygens (including phenoxy) is 5. The minimum atomic E-state index is -1.02. The molecule has 1 heterocycles. The van der Waals surface area contributed by atoms with Gasteiger partial charge in [-0.2, -0.15) is 0 Å². The quantitative estimate of drug-likeness (QED) is 0.0152. The van der Waals surface area contributed by atoms with Crippen LogP contribution in [0.3, 0.4) is 0 Å². The zero-order valence-corrected chi connectivity index (χ0v) is 49.8. The molecule has 0 aromatic heterocycles. The number of hydrogen-bond acceptors (Lipinski definition) is 19. The van der Waals surface area contributed by atoms with Gasteiger partial charge in [-0.15, -0.1) is 0 Å². The lowest BCUT2D eigenvalue weighted by molar-refractivity contribution is -0.166. The van der Waals surface area contributed by atoms with Crippen molar-refractivity contribution in [2.45, 2.75) is 148 Å². The molecule has 28 nitrogen and oxygen atoms in total. The van der Waals surface area contributed by atoms with Gasteiger partial charge in [0.2, 0.25) is 41.4 Å². The van der Waals surface area contributed by atoms with Crippen LogP contribution in [-0.2, 0) is 66.9 Å².